The molecule has 0 saturated heterocycles. The van der Waals surface area contributed by atoms with E-state index in [2.05, 4.69) is 6.07 Å². The van der Waals surface area contributed by atoms with E-state index in [0.717, 1.165) is 49.8 Å². The van der Waals surface area contributed by atoms with Gasteiger partial charge in [-0.05, 0) is 72.4 Å². The van der Waals surface area contributed by atoms with E-state index in [1.54, 1.807) is 4.90 Å². The first-order valence-corrected chi connectivity index (χ1v) is 14.5. The van der Waals surface area contributed by atoms with E-state index < -0.39 is 23.8 Å². The van der Waals surface area contributed by atoms with Gasteiger partial charge in [0.25, 0.3) is 5.91 Å². The van der Waals surface area contributed by atoms with Crippen LogP contribution in [0.2, 0.25) is 0 Å². The number of methoxy groups -OCH3 is 3. The van der Waals surface area contributed by atoms with Crippen LogP contribution in [0, 0.1) is 0 Å². The molecule has 45 heavy (non-hydrogen) atoms. The minimum Gasteiger partial charge on any atom is -0.465 e. The lowest BCUT2D eigenvalue weighted by Gasteiger charge is -2.36. The summed E-state index contributed by atoms with van der Waals surface area (Å²) in [5, 5.41) is 0. The quantitative estimate of drug-likeness (QED) is 0.156. The topological polar surface area (TPSA) is 108 Å². The smallest absolute Gasteiger partial charge is 0.338 e. The lowest BCUT2D eigenvalue weighted by Crippen LogP contribution is -2.37. The van der Waals surface area contributed by atoms with Gasteiger partial charge in [0, 0.05) is 6.54 Å². The van der Waals surface area contributed by atoms with Crippen LogP contribution in [-0.2, 0) is 27.2 Å². The molecule has 1 aliphatic carbocycles. The van der Waals surface area contributed by atoms with Crippen molar-refractivity contribution in [3.63, 3.8) is 0 Å². The zero-order valence-corrected chi connectivity index (χ0v) is 25.3. The number of rotatable bonds is 9. The molecule has 5 rings (SSSR count). The Morgan fingerprint density at radius 1 is 0.667 bits per heavy atom. The third kappa shape index (κ3) is 6.72. The zero-order chi connectivity index (χ0) is 31.9. The van der Waals surface area contributed by atoms with Crippen LogP contribution in [0.3, 0.4) is 0 Å². The zero-order valence-electron chi connectivity index (χ0n) is 25.3. The number of ether oxygens (including phenoxy) is 4. The van der Waals surface area contributed by atoms with Crippen molar-refractivity contribution in [3.05, 3.63) is 130 Å². The summed E-state index contributed by atoms with van der Waals surface area (Å²) < 4.78 is 20.8. The molecular formula is C36H33NO8. The van der Waals surface area contributed by atoms with E-state index in [1.807, 2.05) is 72.8 Å². The van der Waals surface area contributed by atoms with Crippen molar-refractivity contribution in [2.24, 2.45) is 0 Å². The molecule has 0 heterocycles. The van der Waals surface area contributed by atoms with Crippen LogP contribution in [0.15, 0.2) is 91.0 Å². The molecular weight excluding hydrogens is 574 g/mol. The number of hydrogen-bond donors (Lipinski definition) is 0. The van der Waals surface area contributed by atoms with Crippen LogP contribution in [0.4, 0.5) is 0 Å². The highest BCUT2D eigenvalue weighted by atomic mass is 16.5. The van der Waals surface area contributed by atoms with E-state index in [9.17, 15) is 19.2 Å². The van der Waals surface area contributed by atoms with E-state index in [-0.39, 0.29) is 34.8 Å². The maximum atomic E-state index is 14.7. The molecule has 4 aromatic rings. The van der Waals surface area contributed by atoms with E-state index in [0.29, 0.717) is 17.9 Å². The number of fused-ring (bicyclic) bond motifs is 1. The number of carbonyl (C=O) groups is 4. The second kappa shape index (κ2) is 13.9. The molecule has 9 heteroatoms. The van der Waals surface area contributed by atoms with E-state index in [4.69, 9.17) is 18.9 Å². The number of nitrogens with zero attached hydrogens (tertiary/aromatic N) is 1. The summed E-state index contributed by atoms with van der Waals surface area (Å²) in [7, 11) is 3.49. The second-order valence-electron chi connectivity index (χ2n) is 10.5. The fraction of sp³-hybridized carbons (Fsp3) is 0.222. The molecule has 0 aliphatic heterocycles. The molecule has 1 amide bonds. The van der Waals surface area contributed by atoms with Gasteiger partial charge in [-0.1, -0.05) is 54.6 Å². The summed E-state index contributed by atoms with van der Waals surface area (Å²) in [6.45, 7) is 0.163. The largest absolute Gasteiger partial charge is 0.465 e. The summed E-state index contributed by atoms with van der Waals surface area (Å²) in [4.78, 5) is 54.9. The van der Waals surface area contributed by atoms with Crippen molar-refractivity contribution in [2.75, 3.05) is 21.3 Å². The number of para-hydroxylation sites is 1. The molecule has 9 nitrogen and oxygen atoms in total. The molecule has 0 aromatic heterocycles. The van der Waals surface area contributed by atoms with Gasteiger partial charge in [-0.25, -0.2) is 14.4 Å². The first-order chi connectivity index (χ1) is 21.8. The van der Waals surface area contributed by atoms with Crippen molar-refractivity contribution in [2.45, 2.75) is 31.8 Å². The van der Waals surface area contributed by atoms with Crippen molar-refractivity contribution >= 4 is 23.8 Å². The van der Waals surface area contributed by atoms with Gasteiger partial charge in [-0.15, -0.1) is 0 Å². The van der Waals surface area contributed by atoms with Crippen LogP contribution in [-0.4, -0.2) is 50.0 Å². The fourth-order valence-electron chi connectivity index (χ4n) is 5.67. The Balaban J connectivity index is 1.63. The molecule has 230 valence electrons. The van der Waals surface area contributed by atoms with Crippen LogP contribution < -0.4 is 4.74 Å². The Labute approximate surface area is 261 Å². The molecule has 0 spiro atoms. The molecule has 4 aromatic carbocycles. The Morgan fingerprint density at radius 2 is 1.24 bits per heavy atom. The van der Waals surface area contributed by atoms with Gasteiger partial charge in [0.1, 0.15) is 11.5 Å². The molecule has 1 atom stereocenters. The van der Waals surface area contributed by atoms with Crippen LogP contribution in [0.25, 0.3) is 0 Å². The fourth-order valence-corrected chi connectivity index (χ4v) is 5.67. The number of esters is 3. The lowest BCUT2D eigenvalue weighted by atomic mass is 9.86. The Kier molecular flexibility index (Phi) is 9.57. The first kappa shape index (κ1) is 31.0. The van der Waals surface area contributed by atoms with Crippen LogP contribution >= 0.6 is 0 Å². The minimum absolute atomic E-state index is 0.102. The molecule has 0 bridgehead atoms. The van der Waals surface area contributed by atoms with Crippen LogP contribution in [0.5, 0.6) is 11.5 Å². The Hall–Kier alpha value is -5.44. The predicted octanol–water partition coefficient (Wildman–Crippen LogP) is 6.56. The van der Waals surface area contributed by atoms with Gasteiger partial charge in [0.15, 0.2) is 0 Å². The number of carbonyl (C=O) groups excluding carboxylic acids is 4. The number of aryl methyl sites for hydroxylation is 1. The average Bonchev–Trinajstić information content (AvgIpc) is 3.09. The highest BCUT2D eigenvalue weighted by Gasteiger charge is 2.34. The first-order valence-electron chi connectivity index (χ1n) is 14.5. The molecule has 1 aliphatic rings. The monoisotopic (exact) mass is 607 g/mol. The SMILES string of the molecule is COC(=O)c1cc(C(=O)OC)c(C(=O)N(Cc2cccc(Oc3ccccc3)c2)[C@H]2CCCc3ccccc32)cc1C(=O)OC. The van der Waals surface area contributed by atoms with Crippen molar-refractivity contribution in [1.82, 2.24) is 4.90 Å². The molecule has 0 fully saturated rings. The number of hydrogen-bond acceptors (Lipinski definition) is 8. The van der Waals surface area contributed by atoms with E-state index in [1.165, 1.54) is 13.2 Å². The standard InChI is InChI=1S/C36H33NO8/c1-42-34(39)29-21-31(36(41)44-3)30(35(40)43-2)20-28(29)33(38)37(32-18-10-13-24-12-7-8-17-27(24)32)22-23-11-9-16-26(19-23)45-25-14-5-4-6-15-25/h4-9,11-12,14-17,19-21,32H,10,13,18,22H2,1-3H3/t32-/m0/s1. The van der Waals surface area contributed by atoms with Gasteiger partial charge in [0.05, 0.1) is 49.6 Å². The molecule has 0 unspecified atom stereocenters. The highest BCUT2D eigenvalue weighted by molar-refractivity contribution is 6.11. The average molecular weight is 608 g/mol. The summed E-state index contributed by atoms with van der Waals surface area (Å²) in [5.74, 6) is -1.82. The van der Waals surface area contributed by atoms with Gasteiger partial charge >= 0.3 is 17.9 Å². The Bertz CT molecular complexity index is 1730. The molecule has 0 radical (unpaired) electrons. The minimum atomic E-state index is -0.868. The van der Waals surface area contributed by atoms with Gasteiger partial charge in [0.2, 0.25) is 0 Å². The van der Waals surface area contributed by atoms with Gasteiger partial charge in [-0.2, -0.15) is 0 Å². The lowest BCUT2D eigenvalue weighted by molar-refractivity contribution is 0.0546. The normalized spacial score (nSPS) is 13.6. The third-order valence-electron chi connectivity index (χ3n) is 7.81. The summed E-state index contributed by atoms with van der Waals surface area (Å²) in [6.07, 6.45) is 2.41. The van der Waals surface area contributed by atoms with Crippen molar-refractivity contribution in [3.8, 4) is 11.5 Å². The van der Waals surface area contributed by atoms with Crippen LogP contribution in [0.1, 0.15) is 77.0 Å². The number of benzene rings is 4. The summed E-state index contributed by atoms with van der Waals surface area (Å²) in [6, 6.07) is 26.8. The molecule has 0 saturated carbocycles. The third-order valence-corrected chi connectivity index (χ3v) is 7.81. The van der Waals surface area contributed by atoms with Crippen molar-refractivity contribution < 1.29 is 38.1 Å². The van der Waals surface area contributed by atoms with Gasteiger partial charge < -0.3 is 23.8 Å². The number of amides is 1. The Morgan fingerprint density at radius 3 is 1.91 bits per heavy atom. The van der Waals surface area contributed by atoms with Gasteiger partial charge in [-0.3, -0.25) is 4.79 Å². The van der Waals surface area contributed by atoms with Crippen molar-refractivity contribution in [1.29, 1.82) is 0 Å². The molecule has 0 N–H and O–H groups in total. The maximum absolute atomic E-state index is 14.7. The summed E-state index contributed by atoms with van der Waals surface area (Å²) >= 11 is 0. The maximum Gasteiger partial charge on any atom is 0.338 e. The second-order valence-corrected chi connectivity index (χ2v) is 10.5. The predicted molar refractivity (Wildman–Crippen MR) is 165 cm³/mol. The highest BCUT2D eigenvalue weighted by Crippen LogP contribution is 2.37. The van der Waals surface area contributed by atoms with E-state index >= 15 is 0 Å². The summed E-state index contributed by atoms with van der Waals surface area (Å²) in [5.41, 5.74) is 2.23.